The molecule has 0 fully saturated rings. The van der Waals surface area contributed by atoms with Crippen LogP contribution in [0, 0.1) is 11.8 Å². The molecule has 0 aromatic rings. The van der Waals surface area contributed by atoms with E-state index in [1.165, 1.54) is 6.92 Å². The first-order chi connectivity index (χ1) is 16.8. The van der Waals surface area contributed by atoms with Crippen molar-refractivity contribution in [2.75, 3.05) is 27.2 Å². The van der Waals surface area contributed by atoms with Gasteiger partial charge in [0.15, 0.2) is 0 Å². The van der Waals surface area contributed by atoms with E-state index >= 15 is 0 Å². The molecule has 36 heavy (non-hydrogen) atoms. The van der Waals surface area contributed by atoms with Crippen LogP contribution >= 0.6 is 0 Å². The maximum Gasteiger partial charge on any atom is 0.325 e. The molecular formula is C24H50N6O6. The minimum atomic E-state index is -1.03. The van der Waals surface area contributed by atoms with Gasteiger partial charge in [0.05, 0.1) is 24.7 Å². The topological polar surface area (TPSA) is 206 Å². The first-order valence-corrected chi connectivity index (χ1v) is 12.3. The minimum Gasteiger partial charge on any atom is -0.480 e. The van der Waals surface area contributed by atoms with Gasteiger partial charge in [-0.25, -0.2) is 0 Å². The van der Waals surface area contributed by atoms with Gasteiger partial charge in [-0.05, 0) is 58.7 Å². The number of nitrogens with two attached hydrogens (primary N) is 2. The first kappa shape index (κ1) is 38.1. The van der Waals surface area contributed by atoms with Crippen molar-refractivity contribution in [2.24, 2.45) is 23.3 Å². The van der Waals surface area contributed by atoms with Crippen LogP contribution in [0.2, 0.25) is 0 Å². The van der Waals surface area contributed by atoms with Crippen LogP contribution in [0.5, 0.6) is 0 Å². The smallest absolute Gasteiger partial charge is 0.325 e. The average Bonchev–Trinajstić information content (AvgIpc) is 2.80. The van der Waals surface area contributed by atoms with Crippen molar-refractivity contribution in [3.8, 4) is 0 Å². The van der Waals surface area contributed by atoms with E-state index in [4.69, 9.17) is 16.6 Å². The Balaban J connectivity index is -0.000000492. The van der Waals surface area contributed by atoms with E-state index in [0.29, 0.717) is 12.5 Å². The van der Waals surface area contributed by atoms with Gasteiger partial charge in [-0.3, -0.25) is 14.4 Å². The number of carboxylic acid groups (broad SMARTS) is 1. The lowest BCUT2D eigenvalue weighted by Crippen LogP contribution is -2.48. The Bertz CT molecular complexity index is 618. The molecule has 2 amide bonds. The van der Waals surface area contributed by atoms with Crippen molar-refractivity contribution in [2.45, 2.75) is 84.5 Å². The fraction of sp³-hybridized carbons (Fsp3) is 0.792. The number of unbranched alkanes of at least 4 members (excludes halogenated alkanes) is 1. The number of aliphatic carboxylic acids is 1. The van der Waals surface area contributed by atoms with Gasteiger partial charge < -0.3 is 47.4 Å². The summed E-state index contributed by atoms with van der Waals surface area (Å²) in [5, 5.41) is 19.0. The third kappa shape index (κ3) is 23.3. The van der Waals surface area contributed by atoms with Crippen molar-refractivity contribution >= 4 is 30.4 Å². The Kier molecular flexibility index (Phi) is 25.7. The van der Waals surface area contributed by atoms with Crippen LogP contribution in [0.15, 0.2) is 0 Å². The fourth-order valence-electron chi connectivity index (χ4n) is 2.64. The van der Waals surface area contributed by atoms with Gasteiger partial charge in [-0.1, -0.05) is 34.1 Å². The second kappa shape index (κ2) is 24.3. The summed E-state index contributed by atoms with van der Waals surface area (Å²) in [7, 11) is 3.36. The summed E-state index contributed by atoms with van der Waals surface area (Å²) >= 11 is 0. The van der Waals surface area contributed by atoms with E-state index in [0.717, 1.165) is 38.3 Å². The van der Waals surface area contributed by atoms with Crippen LogP contribution < -0.4 is 32.7 Å². The van der Waals surface area contributed by atoms with Gasteiger partial charge in [-0.2, -0.15) is 0 Å². The zero-order valence-electron chi connectivity index (χ0n) is 23.0. The second-order valence-electron chi connectivity index (χ2n) is 9.13. The summed E-state index contributed by atoms with van der Waals surface area (Å²) in [5.41, 5.74) is 10.7. The zero-order valence-corrected chi connectivity index (χ0v) is 23.0. The van der Waals surface area contributed by atoms with Crippen molar-refractivity contribution in [3.63, 3.8) is 0 Å². The lowest BCUT2D eigenvalue weighted by Gasteiger charge is -2.21. The summed E-state index contributed by atoms with van der Waals surface area (Å²) in [6.07, 6.45) is 4.93. The van der Waals surface area contributed by atoms with E-state index in [1.54, 1.807) is 14.1 Å². The molecule has 0 heterocycles. The molecule has 0 aromatic carbocycles. The highest BCUT2D eigenvalue weighted by Gasteiger charge is 2.21. The Morgan fingerprint density at radius 2 is 1.53 bits per heavy atom. The highest BCUT2D eigenvalue weighted by Crippen LogP contribution is 2.03. The van der Waals surface area contributed by atoms with Gasteiger partial charge in [-0.15, -0.1) is 0 Å². The third-order valence-electron chi connectivity index (χ3n) is 4.79. The third-order valence-corrected chi connectivity index (χ3v) is 4.79. The number of hydrogen-bond donors (Lipinski definition) is 7. The molecule has 0 saturated heterocycles. The molecule has 4 unspecified atom stereocenters. The van der Waals surface area contributed by atoms with Crippen molar-refractivity contribution in [1.29, 1.82) is 0 Å². The molecule has 4 atom stereocenters. The standard InChI is InChI=1S/C12H25N3O2.C6H12N2O3.C6H13NO/c1-9(2)11(8-16)15-12(17)10(14-3)6-4-5-7-13;1-4(6(10)11)8-5(9)3-7-2;1-5(2)3-6(7)4-8/h8-11,14H,4-7,13H2,1-3H3,(H,15,17);4,7H,3H2,1-2H3,(H,8,9)(H,10,11);4-6H,3,7H2,1-2H3. The van der Waals surface area contributed by atoms with Gasteiger partial charge in [0.25, 0.3) is 0 Å². The lowest BCUT2D eigenvalue weighted by molar-refractivity contribution is -0.141. The minimum absolute atomic E-state index is 0.109. The molecule has 12 heteroatoms. The van der Waals surface area contributed by atoms with E-state index in [2.05, 4.69) is 21.3 Å². The highest BCUT2D eigenvalue weighted by atomic mass is 16.4. The first-order valence-electron chi connectivity index (χ1n) is 12.3. The SMILES string of the molecule is CC(C)CC(N)C=O.CNC(CCCCN)C(=O)NC(C=O)C(C)C.CNCC(=O)NC(C)C(=O)O. The maximum atomic E-state index is 11.9. The zero-order chi connectivity index (χ0) is 28.7. The van der Waals surface area contributed by atoms with E-state index in [9.17, 15) is 24.0 Å². The Morgan fingerprint density at radius 3 is 1.86 bits per heavy atom. The molecule has 0 aromatic heterocycles. The molecule has 9 N–H and O–H groups in total. The molecule has 0 radical (unpaired) electrons. The van der Waals surface area contributed by atoms with Gasteiger partial charge in [0, 0.05) is 0 Å². The number of carbonyl (C=O) groups excluding carboxylic acids is 4. The monoisotopic (exact) mass is 518 g/mol. The number of nitrogens with one attached hydrogen (secondary N) is 4. The Labute approximate surface area is 216 Å². The summed E-state index contributed by atoms with van der Waals surface area (Å²) < 4.78 is 0. The molecule has 0 aliphatic carbocycles. The van der Waals surface area contributed by atoms with Crippen LogP contribution in [-0.2, 0) is 24.0 Å². The van der Waals surface area contributed by atoms with Gasteiger partial charge >= 0.3 is 5.97 Å². The van der Waals surface area contributed by atoms with Crippen LogP contribution in [-0.4, -0.2) is 86.8 Å². The summed E-state index contributed by atoms with van der Waals surface area (Å²) in [5.74, 6) is -0.833. The summed E-state index contributed by atoms with van der Waals surface area (Å²) in [6, 6.07) is -1.73. The van der Waals surface area contributed by atoms with Crippen molar-refractivity contribution in [3.05, 3.63) is 0 Å². The predicted octanol–water partition coefficient (Wildman–Crippen LogP) is -0.603. The molecule has 0 bridgehead atoms. The largest absolute Gasteiger partial charge is 0.480 e. The molecule has 0 saturated carbocycles. The van der Waals surface area contributed by atoms with Crippen LogP contribution in [0.25, 0.3) is 0 Å². The lowest BCUT2D eigenvalue weighted by atomic mass is 10.0. The molecule has 0 aliphatic rings. The number of amides is 2. The number of carboxylic acids is 1. The number of carbonyl (C=O) groups is 5. The van der Waals surface area contributed by atoms with Gasteiger partial charge in [0.1, 0.15) is 18.6 Å². The molecule has 0 rings (SSSR count). The molecule has 0 spiro atoms. The normalized spacial score (nSPS) is 13.6. The Hall–Kier alpha value is -2.41. The van der Waals surface area contributed by atoms with E-state index in [1.807, 2.05) is 27.7 Å². The van der Waals surface area contributed by atoms with Crippen LogP contribution in [0.4, 0.5) is 0 Å². The quantitative estimate of drug-likeness (QED) is 0.102. The van der Waals surface area contributed by atoms with E-state index in [-0.39, 0.29) is 36.4 Å². The Morgan fingerprint density at radius 1 is 0.944 bits per heavy atom. The molecule has 12 nitrogen and oxygen atoms in total. The van der Waals surface area contributed by atoms with Crippen LogP contribution in [0.1, 0.15) is 60.3 Å². The predicted molar refractivity (Wildman–Crippen MR) is 141 cm³/mol. The van der Waals surface area contributed by atoms with Crippen molar-refractivity contribution < 1.29 is 29.1 Å². The summed E-state index contributed by atoms with van der Waals surface area (Å²) in [4.78, 5) is 53.5. The molecule has 212 valence electrons. The van der Waals surface area contributed by atoms with Crippen molar-refractivity contribution in [1.82, 2.24) is 21.3 Å². The highest BCUT2D eigenvalue weighted by molar-refractivity contribution is 5.84. The maximum absolute atomic E-state index is 11.9. The summed E-state index contributed by atoms with van der Waals surface area (Å²) in [6.45, 7) is 10.1. The number of aldehydes is 2. The molecule has 0 aliphatic heterocycles. The number of rotatable bonds is 16. The van der Waals surface area contributed by atoms with E-state index < -0.39 is 18.1 Å². The number of hydrogen-bond acceptors (Lipinski definition) is 9. The molecular weight excluding hydrogens is 468 g/mol. The second-order valence-corrected chi connectivity index (χ2v) is 9.13. The van der Waals surface area contributed by atoms with Crippen LogP contribution in [0.3, 0.4) is 0 Å². The average molecular weight is 519 g/mol. The number of likely N-dealkylation sites (N-methyl/N-ethyl adjacent to an activating group) is 2. The van der Waals surface area contributed by atoms with Gasteiger partial charge in [0.2, 0.25) is 11.8 Å². The fourth-order valence-corrected chi connectivity index (χ4v) is 2.64.